The zero-order chi connectivity index (χ0) is 3.41. The molecule has 0 heterocycles. The minimum Gasteiger partial charge on any atom is -0.337 e. The summed E-state index contributed by atoms with van der Waals surface area (Å²) in [5.74, 6) is 0. The second kappa shape index (κ2) is 2.92. The van der Waals surface area contributed by atoms with Gasteiger partial charge in [-0.15, -0.1) is 0 Å². The fraction of sp³-hybridized carbons (Fsp3) is 1.00. The highest BCUT2D eigenvalue weighted by atomic mass is 14.9. The number of nitrogens with two attached hydrogens (primary N) is 2. The lowest BCUT2D eigenvalue weighted by Gasteiger charge is -1.74. The van der Waals surface area contributed by atoms with Gasteiger partial charge in [-0.1, -0.05) is 0 Å². The van der Waals surface area contributed by atoms with E-state index in [0.29, 0.717) is 6.67 Å². The van der Waals surface area contributed by atoms with Crippen molar-refractivity contribution in [1.82, 2.24) is 0 Å². The summed E-state index contributed by atoms with van der Waals surface area (Å²) in [6, 6.07) is 0. The monoisotopic (exact) mass is 61.1 g/mol. The molecule has 4 N–H and O–H groups in total. The molecule has 0 radical (unpaired) electrons. The summed E-state index contributed by atoms with van der Waals surface area (Å²) in [5, 5.41) is 1.90. The molecule has 0 atom stereocenters. The van der Waals surface area contributed by atoms with Gasteiger partial charge in [-0.05, 0) is 0 Å². The Kier molecular flexibility index (Phi) is 2.86. The highest BCUT2D eigenvalue weighted by molar-refractivity contribution is 3.77. The fourth-order valence-electron chi connectivity index (χ4n) is 0. The fourth-order valence-corrected chi connectivity index (χ4v) is 0. The summed E-state index contributed by atoms with van der Waals surface area (Å²) in [7, 11) is 1.93. The molecule has 0 spiro atoms. The van der Waals surface area contributed by atoms with Gasteiger partial charge < -0.3 is 5.32 Å². The molecule has 0 fully saturated rings. The van der Waals surface area contributed by atoms with Crippen LogP contribution in [0.2, 0.25) is 0 Å². The summed E-state index contributed by atoms with van der Waals surface area (Å²) in [4.78, 5) is 0. The van der Waals surface area contributed by atoms with Crippen molar-refractivity contribution < 1.29 is 5.32 Å². The first kappa shape index (κ1) is 3.92. The Balaban J connectivity index is 1.97. The Hall–Kier alpha value is -0.0800. The highest BCUT2D eigenvalue weighted by Gasteiger charge is 1.53. The lowest BCUT2D eigenvalue weighted by molar-refractivity contribution is -0.625. The quantitative estimate of drug-likeness (QED) is 0.341. The summed E-state index contributed by atoms with van der Waals surface area (Å²) in [5.41, 5.74) is 4.97. The van der Waals surface area contributed by atoms with E-state index >= 15 is 0 Å². The molecule has 0 aliphatic rings. The van der Waals surface area contributed by atoms with E-state index in [1.54, 1.807) is 0 Å². The minimum absolute atomic E-state index is 0.694. The Labute approximate surface area is 26.0 Å². The SMILES string of the molecule is C[NH2+]CN. The number of quaternary nitrogens is 1. The second-order valence-electron chi connectivity index (χ2n) is 0.644. The number of hydrogen-bond acceptors (Lipinski definition) is 1. The lowest BCUT2D eigenvalue weighted by atomic mass is 11.1. The molecule has 0 aromatic carbocycles. The Bertz CT molecular complexity index is 6.00. The van der Waals surface area contributed by atoms with Crippen LogP contribution in [0.25, 0.3) is 0 Å². The molecule has 0 rings (SSSR count). The van der Waals surface area contributed by atoms with E-state index < -0.39 is 0 Å². The van der Waals surface area contributed by atoms with Crippen LogP contribution in [0.15, 0.2) is 0 Å². The standard InChI is InChI=1S/C2H8N2/c1-4-2-3/h4H,2-3H2,1H3/p+1. The average molecular weight is 61.1 g/mol. The van der Waals surface area contributed by atoms with E-state index in [1.807, 2.05) is 12.4 Å². The average Bonchev–Trinajstić information content (AvgIpc) is 1.37. The van der Waals surface area contributed by atoms with Crippen LogP contribution in [-0.4, -0.2) is 13.7 Å². The van der Waals surface area contributed by atoms with Crippen molar-refractivity contribution in [3.05, 3.63) is 0 Å². The van der Waals surface area contributed by atoms with Crippen LogP contribution < -0.4 is 11.1 Å². The summed E-state index contributed by atoms with van der Waals surface area (Å²) in [6.07, 6.45) is 0. The van der Waals surface area contributed by atoms with Gasteiger partial charge in [0.2, 0.25) is 0 Å². The van der Waals surface area contributed by atoms with E-state index in [9.17, 15) is 0 Å². The Morgan fingerprint density at radius 1 is 2.00 bits per heavy atom. The molecular weight excluding hydrogens is 52.0 g/mol. The maximum Gasteiger partial charge on any atom is 0.126 e. The first-order chi connectivity index (χ1) is 1.91. The molecule has 4 heavy (non-hydrogen) atoms. The molecule has 0 aliphatic heterocycles. The molecule has 0 bridgehead atoms. The predicted molar refractivity (Wildman–Crippen MR) is 16.9 cm³/mol. The normalized spacial score (nSPS) is 7.50. The van der Waals surface area contributed by atoms with Gasteiger partial charge in [-0.2, -0.15) is 0 Å². The summed E-state index contributed by atoms with van der Waals surface area (Å²) < 4.78 is 0. The maximum absolute atomic E-state index is 4.97. The molecule has 2 heteroatoms. The van der Waals surface area contributed by atoms with Gasteiger partial charge in [0.1, 0.15) is 6.67 Å². The zero-order valence-electron chi connectivity index (χ0n) is 2.86. The Morgan fingerprint density at radius 2 is 2.25 bits per heavy atom. The molecular formula is C2H9N2+. The van der Waals surface area contributed by atoms with Gasteiger partial charge in [0.25, 0.3) is 0 Å². The lowest BCUT2D eigenvalue weighted by Crippen LogP contribution is -2.82. The largest absolute Gasteiger partial charge is 0.337 e. The van der Waals surface area contributed by atoms with Crippen molar-refractivity contribution in [2.24, 2.45) is 5.73 Å². The number of rotatable bonds is 1. The first-order valence-corrected chi connectivity index (χ1v) is 1.39. The van der Waals surface area contributed by atoms with Crippen molar-refractivity contribution in [2.75, 3.05) is 13.7 Å². The van der Waals surface area contributed by atoms with Crippen molar-refractivity contribution in [2.45, 2.75) is 0 Å². The third-order valence-corrected chi connectivity index (χ3v) is 0.236. The molecule has 0 aromatic rings. The van der Waals surface area contributed by atoms with Crippen LogP contribution in [0.3, 0.4) is 0 Å². The topological polar surface area (TPSA) is 42.6 Å². The number of hydrogen-bond donors (Lipinski definition) is 2. The third kappa shape index (κ3) is 1.92. The zero-order valence-corrected chi connectivity index (χ0v) is 2.86. The van der Waals surface area contributed by atoms with E-state index in [0.717, 1.165) is 0 Å². The van der Waals surface area contributed by atoms with Gasteiger partial charge in [-0.25, -0.2) is 0 Å². The van der Waals surface area contributed by atoms with Gasteiger partial charge >= 0.3 is 0 Å². The summed E-state index contributed by atoms with van der Waals surface area (Å²) in [6.45, 7) is 0.694. The smallest absolute Gasteiger partial charge is 0.126 e. The predicted octanol–water partition coefficient (Wildman–Crippen LogP) is -1.90. The van der Waals surface area contributed by atoms with Crippen molar-refractivity contribution in [1.29, 1.82) is 0 Å². The third-order valence-electron chi connectivity index (χ3n) is 0.236. The molecule has 0 aliphatic carbocycles. The van der Waals surface area contributed by atoms with Gasteiger partial charge in [0.05, 0.1) is 7.05 Å². The second-order valence-corrected chi connectivity index (χ2v) is 0.644. The molecule has 0 amide bonds. The van der Waals surface area contributed by atoms with E-state index in [1.165, 1.54) is 0 Å². The van der Waals surface area contributed by atoms with Crippen molar-refractivity contribution in [3.63, 3.8) is 0 Å². The Morgan fingerprint density at radius 3 is 2.25 bits per heavy atom. The van der Waals surface area contributed by atoms with Crippen LogP contribution in [0.1, 0.15) is 0 Å². The van der Waals surface area contributed by atoms with E-state index in [2.05, 4.69) is 0 Å². The van der Waals surface area contributed by atoms with Crippen molar-refractivity contribution >= 4 is 0 Å². The molecule has 0 saturated heterocycles. The van der Waals surface area contributed by atoms with Crippen LogP contribution >= 0.6 is 0 Å². The first-order valence-electron chi connectivity index (χ1n) is 1.39. The highest BCUT2D eigenvalue weighted by Crippen LogP contribution is 0.863. The van der Waals surface area contributed by atoms with E-state index in [4.69, 9.17) is 5.73 Å². The molecule has 2 nitrogen and oxygen atoms in total. The molecule has 0 unspecified atom stereocenters. The van der Waals surface area contributed by atoms with Gasteiger partial charge in [-0.3, -0.25) is 5.73 Å². The van der Waals surface area contributed by atoms with E-state index in [-0.39, 0.29) is 0 Å². The van der Waals surface area contributed by atoms with Crippen LogP contribution in [0, 0.1) is 0 Å². The molecule has 0 aromatic heterocycles. The van der Waals surface area contributed by atoms with Gasteiger partial charge in [0, 0.05) is 0 Å². The summed E-state index contributed by atoms with van der Waals surface area (Å²) >= 11 is 0. The van der Waals surface area contributed by atoms with Gasteiger partial charge in [0.15, 0.2) is 0 Å². The molecule has 26 valence electrons. The van der Waals surface area contributed by atoms with Crippen LogP contribution in [-0.2, 0) is 0 Å². The van der Waals surface area contributed by atoms with Crippen LogP contribution in [0.5, 0.6) is 0 Å². The maximum atomic E-state index is 4.97. The van der Waals surface area contributed by atoms with Crippen LogP contribution in [0.4, 0.5) is 0 Å². The molecule has 0 saturated carbocycles. The minimum atomic E-state index is 0.694. The van der Waals surface area contributed by atoms with Crippen molar-refractivity contribution in [3.8, 4) is 0 Å².